The van der Waals surface area contributed by atoms with Gasteiger partial charge in [-0.05, 0) is 24.3 Å². The zero-order chi connectivity index (χ0) is 11.4. The molecule has 0 saturated heterocycles. The summed E-state index contributed by atoms with van der Waals surface area (Å²) in [4.78, 5) is 0. The Morgan fingerprint density at radius 2 is 1.50 bits per heavy atom. The SMILES string of the molecule is IB(I)c1cccc(Oc2ccccc2)c1. The Bertz CT molecular complexity index is 460. The van der Waals surface area contributed by atoms with Gasteiger partial charge in [0.2, 0.25) is 0 Å². The fourth-order valence-corrected chi connectivity index (χ4v) is 2.11. The molecule has 2 rings (SSSR count). The monoisotopic (exact) mass is 434 g/mol. The van der Waals surface area contributed by atoms with Crippen LogP contribution in [0.15, 0.2) is 54.6 Å². The van der Waals surface area contributed by atoms with Crippen molar-refractivity contribution in [2.75, 3.05) is 0 Å². The van der Waals surface area contributed by atoms with E-state index in [1.807, 2.05) is 42.5 Å². The summed E-state index contributed by atoms with van der Waals surface area (Å²) in [5.41, 5.74) is 1.27. The van der Waals surface area contributed by atoms with E-state index >= 15 is 0 Å². The van der Waals surface area contributed by atoms with Crippen LogP contribution in [0.3, 0.4) is 0 Å². The summed E-state index contributed by atoms with van der Waals surface area (Å²) in [7, 11) is 0. The van der Waals surface area contributed by atoms with Crippen LogP contribution in [0, 0.1) is 0 Å². The average molecular weight is 434 g/mol. The number of ether oxygens (including phenoxy) is 1. The first-order chi connectivity index (χ1) is 7.75. The van der Waals surface area contributed by atoms with E-state index < -0.39 is 0 Å². The van der Waals surface area contributed by atoms with Crippen LogP contribution in [0.5, 0.6) is 11.5 Å². The third kappa shape index (κ3) is 3.38. The maximum absolute atomic E-state index is 5.76. The fourth-order valence-electron chi connectivity index (χ4n) is 1.34. The molecule has 0 N–H and O–H groups in total. The number of benzene rings is 2. The lowest BCUT2D eigenvalue weighted by Crippen LogP contribution is -2.15. The molecule has 0 aliphatic heterocycles. The first-order valence-electron chi connectivity index (χ1n) is 4.87. The van der Waals surface area contributed by atoms with E-state index in [1.54, 1.807) is 0 Å². The topological polar surface area (TPSA) is 9.23 Å². The van der Waals surface area contributed by atoms with Gasteiger partial charge >= 0.3 is 2.43 Å². The van der Waals surface area contributed by atoms with Gasteiger partial charge in [0.25, 0.3) is 0 Å². The molecule has 0 radical (unpaired) electrons. The van der Waals surface area contributed by atoms with Crippen molar-refractivity contribution in [3.05, 3.63) is 54.6 Å². The molecule has 0 amide bonds. The van der Waals surface area contributed by atoms with Crippen molar-refractivity contribution < 1.29 is 4.74 Å². The summed E-state index contributed by atoms with van der Waals surface area (Å²) >= 11 is 4.77. The summed E-state index contributed by atoms with van der Waals surface area (Å²) in [5.74, 6) is 1.76. The molecule has 0 aromatic heterocycles. The van der Waals surface area contributed by atoms with Crippen LogP contribution in [0.1, 0.15) is 0 Å². The molecule has 4 heteroatoms. The average Bonchev–Trinajstić information content (AvgIpc) is 2.30. The minimum absolute atomic E-state index is 0.467. The molecule has 0 spiro atoms. The molecule has 2 aromatic carbocycles. The Hall–Kier alpha value is -0.235. The molecule has 0 atom stereocenters. The summed E-state index contributed by atoms with van der Waals surface area (Å²) in [6.45, 7) is 0. The van der Waals surface area contributed by atoms with E-state index in [0.29, 0.717) is 2.43 Å². The molecule has 0 heterocycles. The summed E-state index contributed by atoms with van der Waals surface area (Å²) < 4.78 is 6.23. The maximum Gasteiger partial charge on any atom is 0.320 e. The van der Waals surface area contributed by atoms with Crippen molar-refractivity contribution in [3.8, 4) is 11.5 Å². The molecule has 0 saturated carbocycles. The molecular formula is C12H9BI2O. The highest BCUT2D eigenvalue weighted by Crippen LogP contribution is 2.20. The Morgan fingerprint density at radius 1 is 0.812 bits per heavy atom. The fraction of sp³-hybridized carbons (Fsp3) is 0. The van der Waals surface area contributed by atoms with Gasteiger partial charge in [-0.1, -0.05) is 35.8 Å². The molecule has 0 aliphatic carbocycles. The van der Waals surface area contributed by atoms with E-state index in [0.717, 1.165) is 11.5 Å². The normalized spacial score (nSPS) is 9.88. The van der Waals surface area contributed by atoms with Crippen LogP contribution < -0.4 is 10.2 Å². The van der Waals surface area contributed by atoms with Crippen molar-refractivity contribution in [3.63, 3.8) is 0 Å². The first-order valence-corrected chi connectivity index (χ1v) is 7.36. The van der Waals surface area contributed by atoms with Crippen LogP contribution in [0.4, 0.5) is 0 Å². The smallest absolute Gasteiger partial charge is 0.320 e. The number of hydrogen-bond donors (Lipinski definition) is 0. The zero-order valence-corrected chi connectivity index (χ0v) is 12.8. The molecule has 2 aromatic rings. The first kappa shape index (κ1) is 12.2. The van der Waals surface area contributed by atoms with E-state index in [9.17, 15) is 0 Å². The Kier molecular flexibility index (Phi) is 4.51. The lowest BCUT2D eigenvalue weighted by molar-refractivity contribution is 0.483. The van der Waals surface area contributed by atoms with Crippen LogP contribution >= 0.6 is 44.7 Å². The van der Waals surface area contributed by atoms with Crippen molar-refractivity contribution in [1.29, 1.82) is 0 Å². The molecular weight excluding hydrogens is 425 g/mol. The predicted octanol–water partition coefficient (Wildman–Crippen LogP) is 4.04. The second-order valence-corrected chi connectivity index (χ2v) is 8.16. The zero-order valence-electron chi connectivity index (χ0n) is 8.44. The lowest BCUT2D eigenvalue weighted by atomic mass is 9.96. The minimum atomic E-state index is 0.467. The van der Waals surface area contributed by atoms with Crippen LogP contribution in [0.2, 0.25) is 0 Å². The van der Waals surface area contributed by atoms with E-state index in [2.05, 4.69) is 56.9 Å². The summed E-state index contributed by atoms with van der Waals surface area (Å²) in [6.07, 6.45) is 0. The van der Waals surface area contributed by atoms with Gasteiger partial charge in [0.15, 0.2) is 0 Å². The Labute approximate surface area is 122 Å². The maximum atomic E-state index is 5.76. The quantitative estimate of drug-likeness (QED) is 0.524. The highest BCUT2D eigenvalue weighted by Gasteiger charge is 2.08. The Morgan fingerprint density at radius 3 is 2.19 bits per heavy atom. The van der Waals surface area contributed by atoms with Gasteiger partial charge in [0, 0.05) is 0 Å². The highest BCUT2D eigenvalue weighted by atomic mass is 127. The predicted molar refractivity (Wildman–Crippen MR) is 86.4 cm³/mol. The van der Waals surface area contributed by atoms with Crippen molar-refractivity contribution in [2.45, 2.75) is 0 Å². The van der Waals surface area contributed by atoms with Gasteiger partial charge in [-0.25, -0.2) is 0 Å². The second kappa shape index (κ2) is 5.91. The second-order valence-electron chi connectivity index (χ2n) is 3.29. The van der Waals surface area contributed by atoms with Crippen molar-refractivity contribution in [1.82, 2.24) is 0 Å². The molecule has 1 nitrogen and oxygen atoms in total. The van der Waals surface area contributed by atoms with Crippen LogP contribution in [-0.2, 0) is 0 Å². The number of para-hydroxylation sites is 1. The standard InChI is InChI=1S/C12H9BI2O/c14-13(15)10-5-4-8-12(9-10)16-11-6-2-1-3-7-11/h1-9H. The number of hydrogen-bond acceptors (Lipinski definition) is 1. The van der Waals surface area contributed by atoms with Crippen molar-refractivity contribution >= 4 is 52.6 Å². The van der Waals surface area contributed by atoms with Crippen LogP contribution in [0.25, 0.3) is 0 Å². The summed E-state index contributed by atoms with van der Waals surface area (Å²) in [5, 5.41) is 0. The lowest BCUT2D eigenvalue weighted by Gasteiger charge is -2.07. The van der Waals surface area contributed by atoms with Gasteiger partial charge in [0.1, 0.15) is 11.5 Å². The molecule has 80 valence electrons. The molecule has 0 fully saturated rings. The highest BCUT2D eigenvalue weighted by molar-refractivity contribution is 14.3. The third-order valence-electron chi connectivity index (χ3n) is 2.09. The largest absolute Gasteiger partial charge is 0.457 e. The van der Waals surface area contributed by atoms with Crippen LogP contribution in [-0.4, -0.2) is 2.43 Å². The third-order valence-corrected chi connectivity index (χ3v) is 3.53. The van der Waals surface area contributed by atoms with E-state index in [-0.39, 0.29) is 0 Å². The van der Waals surface area contributed by atoms with Gasteiger partial charge in [0.05, 0.1) is 0 Å². The van der Waals surface area contributed by atoms with Gasteiger partial charge in [-0.15, -0.1) is 44.7 Å². The number of rotatable bonds is 3. The van der Waals surface area contributed by atoms with E-state index in [1.165, 1.54) is 5.46 Å². The summed E-state index contributed by atoms with van der Waals surface area (Å²) in [6, 6.07) is 18.0. The minimum Gasteiger partial charge on any atom is -0.457 e. The molecule has 16 heavy (non-hydrogen) atoms. The van der Waals surface area contributed by atoms with Gasteiger partial charge < -0.3 is 4.74 Å². The van der Waals surface area contributed by atoms with Gasteiger partial charge in [-0.2, -0.15) is 0 Å². The van der Waals surface area contributed by atoms with Gasteiger partial charge in [-0.3, -0.25) is 0 Å². The Balaban J connectivity index is 2.19. The molecule has 0 aliphatic rings. The van der Waals surface area contributed by atoms with E-state index in [4.69, 9.17) is 4.74 Å². The molecule has 0 bridgehead atoms. The van der Waals surface area contributed by atoms with Crippen molar-refractivity contribution in [2.24, 2.45) is 0 Å². The number of halogens is 2. The molecule has 0 unspecified atom stereocenters.